The molecule has 126 valence electrons. The summed E-state index contributed by atoms with van der Waals surface area (Å²) < 4.78 is 5.24. The summed E-state index contributed by atoms with van der Waals surface area (Å²) in [6.07, 6.45) is 2.75. The van der Waals surface area contributed by atoms with E-state index in [2.05, 4.69) is 0 Å². The quantitative estimate of drug-likeness (QED) is 0.654. The second-order valence-electron chi connectivity index (χ2n) is 6.13. The molecule has 0 amide bonds. The molecule has 1 aliphatic rings. The molecular formula is C19H20O5. The average Bonchev–Trinajstić information content (AvgIpc) is 2.53. The van der Waals surface area contributed by atoms with Crippen LogP contribution in [0.4, 0.5) is 0 Å². The number of ketones is 2. The van der Waals surface area contributed by atoms with Crippen molar-refractivity contribution in [2.75, 3.05) is 7.11 Å². The molecule has 5 nitrogen and oxygen atoms in total. The number of methoxy groups -OCH3 is 1. The number of hydrogen-bond acceptors (Lipinski definition) is 5. The molecule has 0 bridgehead atoms. The van der Waals surface area contributed by atoms with E-state index in [-0.39, 0.29) is 17.1 Å². The average molecular weight is 328 g/mol. The molecule has 0 saturated carbocycles. The molecule has 0 fully saturated rings. The molecule has 0 unspecified atom stereocenters. The maximum absolute atomic E-state index is 12.6. The molecule has 24 heavy (non-hydrogen) atoms. The summed E-state index contributed by atoms with van der Waals surface area (Å²) in [4.78, 5) is 25.1. The van der Waals surface area contributed by atoms with Crippen molar-refractivity contribution in [2.45, 2.75) is 20.8 Å². The van der Waals surface area contributed by atoms with Gasteiger partial charge in [0.1, 0.15) is 22.8 Å². The Balaban J connectivity index is 2.40. The minimum absolute atomic E-state index is 0.121. The lowest BCUT2D eigenvalue weighted by atomic mass is 9.74. The van der Waals surface area contributed by atoms with E-state index < -0.39 is 17.0 Å². The third-order valence-electron chi connectivity index (χ3n) is 4.07. The van der Waals surface area contributed by atoms with Gasteiger partial charge in [-0.2, -0.15) is 0 Å². The standard InChI is InChI=1S/C19H20O5/c1-11-16(22)15(17(23)19(2,3)18(11)24-4)14(21)10-7-12-5-8-13(20)9-6-12/h5-10,20,22H,1-4H3/b10-7+. The molecule has 0 saturated heterocycles. The number of aliphatic hydroxyl groups is 1. The zero-order valence-corrected chi connectivity index (χ0v) is 14.1. The number of aliphatic hydroxyl groups excluding tert-OH is 1. The van der Waals surface area contributed by atoms with Gasteiger partial charge in [-0.05, 0) is 44.5 Å². The predicted octanol–water partition coefficient (Wildman–Crippen LogP) is 3.32. The van der Waals surface area contributed by atoms with E-state index in [1.807, 2.05) is 0 Å². The lowest BCUT2D eigenvalue weighted by Gasteiger charge is -2.31. The van der Waals surface area contributed by atoms with E-state index in [4.69, 9.17) is 4.74 Å². The van der Waals surface area contributed by atoms with E-state index in [1.165, 1.54) is 31.4 Å². The number of Topliss-reactive ketones (excluding diaryl/α,β-unsaturated/α-hetero) is 1. The molecule has 0 radical (unpaired) electrons. The van der Waals surface area contributed by atoms with Gasteiger partial charge in [0.15, 0.2) is 11.6 Å². The first-order valence-electron chi connectivity index (χ1n) is 7.45. The van der Waals surface area contributed by atoms with Crippen LogP contribution in [0.5, 0.6) is 5.75 Å². The number of rotatable bonds is 4. The van der Waals surface area contributed by atoms with Crippen LogP contribution in [0.15, 0.2) is 53.0 Å². The van der Waals surface area contributed by atoms with Crippen LogP contribution in [0, 0.1) is 5.41 Å². The lowest BCUT2D eigenvalue weighted by Crippen LogP contribution is -2.36. The van der Waals surface area contributed by atoms with Gasteiger partial charge in [0.2, 0.25) is 0 Å². The smallest absolute Gasteiger partial charge is 0.193 e. The number of carbonyl (C=O) groups excluding carboxylic acids is 2. The maximum atomic E-state index is 12.6. The highest BCUT2D eigenvalue weighted by atomic mass is 16.5. The van der Waals surface area contributed by atoms with Crippen molar-refractivity contribution in [3.8, 4) is 5.75 Å². The first-order valence-corrected chi connectivity index (χ1v) is 7.45. The van der Waals surface area contributed by atoms with Crippen molar-refractivity contribution in [1.82, 2.24) is 0 Å². The number of hydrogen-bond donors (Lipinski definition) is 2. The Morgan fingerprint density at radius 3 is 2.29 bits per heavy atom. The first-order chi connectivity index (χ1) is 11.2. The Morgan fingerprint density at radius 2 is 1.75 bits per heavy atom. The fourth-order valence-electron chi connectivity index (χ4n) is 2.76. The highest BCUT2D eigenvalue weighted by Gasteiger charge is 2.44. The molecule has 2 rings (SSSR count). The van der Waals surface area contributed by atoms with Crippen molar-refractivity contribution in [2.24, 2.45) is 5.41 Å². The number of benzene rings is 1. The summed E-state index contributed by atoms with van der Waals surface area (Å²) in [5.41, 5.74) is -0.201. The van der Waals surface area contributed by atoms with Crippen LogP contribution in [-0.2, 0) is 14.3 Å². The highest BCUT2D eigenvalue weighted by molar-refractivity contribution is 6.28. The predicted molar refractivity (Wildman–Crippen MR) is 90.3 cm³/mol. The Hall–Kier alpha value is -2.82. The molecular weight excluding hydrogens is 308 g/mol. The van der Waals surface area contributed by atoms with Gasteiger partial charge in [0.05, 0.1) is 12.5 Å². The minimum atomic E-state index is -1.03. The van der Waals surface area contributed by atoms with Crippen LogP contribution >= 0.6 is 0 Å². The second kappa shape index (κ2) is 6.35. The molecule has 0 aromatic heterocycles. The summed E-state index contributed by atoms with van der Waals surface area (Å²) >= 11 is 0. The van der Waals surface area contributed by atoms with Crippen LogP contribution in [-0.4, -0.2) is 28.9 Å². The Morgan fingerprint density at radius 1 is 1.17 bits per heavy atom. The third-order valence-corrected chi connectivity index (χ3v) is 4.07. The number of phenols is 1. The molecule has 2 N–H and O–H groups in total. The zero-order chi connectivity index (χ0) is 18.1. The molecule has 0 heterocycles. The maximum Gasteiger partial charge on any atom is 0.193 e. The Kier molecular flexibility index (Phi) is 4.64. The molecule has 5 heteroatoms. The van der Waals surface area contributed by atoms with Gasteiger partial charge in [0, 0.05) is 5.57 Å². The highest BCUT2D eigenvalue weighted by Crippen LogP contribution is 2.40. The minimum Gasteiger partial charge on any atom is -0.508 e. The molecule has 1 aromatic rings. The van der Waals surface area contributed by atoms with Gasteiger partial charge < -0.3 is 14.9 Å². The molecule has 0 atom stereocenters. The van der Waals surface area contributed by atoms with Gasteiger partial charge in [-0.3, -0.25) is 9.59 Å². The zero-order valence-electron chi connectivity index (χ0n) is 14.1. The van der Waals surface area contributed by atoms with Crippen molar-refractivity contribution in [3.63, 3.8) is 0 Å². The van der Waals surface area contributed by atoms with Crippen molar-refractivity contribution < 1.29 is 24.5 Å². The van der Waals surface area contributed by atoms with E-state index >= 15 is 0 Å². The van der Waals surface area contributed by atoms with Gasteiger partial charge in [-0.25, -0.2) is 0 Å². The number of ether oxygens (including phenoxy) is 1. The van der Waals surface area contributed by atoms with Crippen molar-refractivity contribution in [1.29, 1.82) is 0 Å². The van der Waals surface area contributed by atoms with Crippen LogP contribution in [0.3, 0.4) is 0 Å². The van der Waals surface area contributed by atoms with Crippen LogP contribution in [0.25, 0.3) is 6.08 Å². The SMILES string of the molecule is COC1=C(C)C(O)=C(C(=O)/C=C/c2ccc(O)cc2)C(=O)C1(C)C. The van der Waals surface area contributed by atoms with Crippen molar-refractivity contribution in [3.05, 3.63) is 58.6 Å². The largest absolute Gasteiger partial charge is 0.508 e. The van der Waals surface area contributed by atoms with Crippen molar-refractivity contribution >= 4 is 17.6 Å². The number of carbonyl (C=O) groups is 2. The van der Waals surface area contributed by atoms with E-state index in [0.29, 0.717) is 16.9 Å². The fraction of sp³-hybridized carbons (Fsp3) is 0.263. The number of phenolic OH excluding ortho intramolecular Hbond substituents is 1. The molecule has 1 aromatic carbocycles. The number of aromatic hydroxyl groups is 1. The molecule has 1 aliphatic carbocycles. The Labute approximate surface area is 140 Å². The van der Waals surface area contributed by atoms with E-state index in [1.54, 1.807) is 32.9 Å². The van der Waals surface area contributed by atoms with Gasteiger partial charge >= 0.3 is 0 Å². The number of allylic oxidation sites excluding steroid dienone is 4. The van der Waals surface area contributed by atoms with Crippen LogP contribution in [0.2, 0.25) is 0 Å². The third kappa shape index (κ3) is 2.97. The monoisotopic (exact) mass is 328 g/mol. The van der Waals surface area contributed by atoms with Gasteiger partial charge in [-0.15, -0.1) is 0 Å². The summed E-state index contributed by atoms with van der Waals surface area (Å²) in [5.74, 6) is -0.938. The van der Waals surface area contributed by atoms with Gasteiger partial charge in [-0.1, -0.05) is 18.2 Å². The summed E-state index contributed by atoms with van der Waals surface area (Å²) in [5, 5.41) is 19.5. The lowest BCUT2D eigenvalue weighted by molar-refractivity contribution is -0.126. The normalized spacial score (nSPS) is 17.6. The van der Waals surface area contributed by atoms with Crippen LogP contribution in [0.1, 0.15) is 26.3 Å². The van der Waals surface area contributed by atoms with E-state index in [0.717, 1.165) is 0 Å². The summed E-state index contributed by atoms with van der Waals surface area (Å²) in [7, 11) is 1.43. The summed E-state index contributed by atoms with van der Waals surface area (Å²) in [6.45, 7) is 4.92. The summed E-state index contributed by atoms with van der Waals surface area (Å²) in [6, 6.07) is 6.25. The topological polar surface area (TPSA) is 83.8 Å². The van der Waals surface area contributed by atoms with Crippen LogP contribution < -0.4 is 0 Å². The Bertz CT molecular complexity index is 776. The fourth-order valence-corrected chi connectivity index (χ4v) is 2.76. The second-order valence-corrected chi connectivity index (χ2v) is 6.13. The van der Waals surface area contributed by atoms with E-state index in [9.17, 15) is 19.8 Å². The molecule has 0 spiro atoms. The van der Waals surface area contributed by atoms with Gasteiger partial charge in [0.25, 0.3) is 0 Å². The molecule has 0 aliphatic heterocycles. The first kappa shape index (κ1) is 17.5.